The van der Waals surface area contributed by atoms with Gasteiger partial charge >= 0.3 is 0 Å². The smallest absolute Gasteiger partial charge is 0.251 e. The summed E-state index contributed by atoms with van der Waals surface area (Å²) in [5.41, 5.74) is 0.462. The van der Waals surface area contributed by atoms with Gasteiger partial charge < -0.3 is 5.32 Å². The molecule has 2 rings (SSSR count). The average Bonchev–Trinajstić information content (AvgIpc) is 2.75. The van der Waals surface area contributed by atoms with Crippen LogP contribution in [0.25, 0.3) is 0 Å². The fourth-order valence-electron chi connectivity index (χ4n) is 2.18. The Labute approximate surface area is 119 Å². The van der Waals surface area contributed by atoms with Crippen LogP contribution in [0.2, 0.25) is 0 Å². The van der Waals surface area contributed by atoms with E-state index in [2.05, 4.69) is 21.2 Å². The minimum absolute atomic E-state index is 0.172. The largest absolute Gasteiger partial charge is 0.352 e. The van der Waals surface area contributed by atoms with E-state index in [1.165, 1.54) is 18.2 Å². The summed E-state index contributed by atoms with van der Waals surface area (Å²) in [6.45, 7) is 0.636. The van der Waals surface area contributed by atoms with Crippen LogP contribution in [0.3, 0.4) is 0 Å². The van der Waals surface area contributed by atoms with Crippen molar-refractivity contribution in [1.82, 2.24) is 5.32 Å². The highest BCUT2D eigenvalue weighted by atomic mass is 79.9. The van der Waals surface area contributed by atoms with Crippen molar-refractivity contribution in [2.75, 3.05) is 6.54 Å². The van der Waals surface area contributed by atoms with Crippen LogP contribution < -0.4 is 5.32 Å². The van der Waals surface area contributed by atoms with Crippen molar-refractivity contribution in [3.8, 4) is 0 Å². The van der Waals surface area contributed by atoms with Gasteiger partial charge in [-0.15, -0.1) is 11.6 Å². The molecule has 1 amide bonds. The van der Waals surface area contributed by atoms with Crippen LogP contribution in [0, 0.1) is 11.7 Å². The molecule has 0 bridgehead atoms. The number of alkyl halides is 1. The highest BCUT2D eigenvalue weighted by Crippen LogP contribution is 2.28. The highest BCUT2D eigenvalue weighted by molar-refractivity contribution is 9.10. The summed E-state index contributed by atoms with van der Waals surface area (Å²) >= 11 is 9.08. The molecule has 2 nitrogen and oxygen atoms in total. The molecular formula is C13H14BrClFNO. The molecule has 1 N–H and O–H groups in total. The number of benzene rings is 1. The van der Waals surface area contributed by atoms with E-state index in [1.807, 2.05) is 0 Å². The molecule has 5 heteroatoms. The van der Waals surface area contributed by atoms with E-state index < -0.39 is 0 Å². The number of hydrogen-bond donors (Lipinski definition) is 1. The molecule has 0 radical (unpaired) electrons. The Bertz CT molecular complexity index is 455. The summed E-state index contributed by atoms with van der Waals surface area (Å²) in [5.74, 6) is -0.0820. The standard InChI is InChI=1S/C13H14BrClFNO/c14-11-6-9(2-4-12(11)16)13(18)17-7-8-1-3-10(15)5-8/h2,4,6,8,10H,1,3,5,7H2,(H,17,18). The maximum atomic E-state index is 13.0. The molecule has 0 spiro atoms. The van der Waals surface area contributed by atoms with Crippen molar-refractivity contribution in [3.63, 3.8) is 0 Å². The lowest BCUT2D eigenvalue weighted by molar-refractivity contribution is 0.0947. The fourth-order valence-corrected chi connectivity index (χ4v) is 2.93. The lowest BCUT2D eigenvalue weighted by atomic mass is 10.1. The minimum atomic E-state index is -0.368. The quantitative estimate of drug-likeness (QED) is 0.839. The Hall–Kier alpha value is -0.610. The monoisotopic (exact) mass is 333 g/mol. The van der Waals surface area contributed by atoms with Gasteiger partial charge in [0, 0.05) is 17.5 Å². The van der Waals surface area contributed by atoms with Gasteiger partial charge in [0.15, 0.2) is 0 Å². The SMILES string of the molecule is O=C(NCC1CCC(Cl)C1)c1ccc(F)c(Br)c1. The van der Waals surface area contributed by atoms with Gasteiger partial charge in [-0.25, -0.2) is 4.39 Å². The Kier molecular flexibility index (Phi) is 4.62. The molecule has 1 aromatic rings. The van der Waals surface area contributed by atoms with Crippen molar-refractivity contribution in [3.05, 3.63) is 34.1 Å². The molecule has 2 atom stereocenters. The normalized spacial score (nSPS) is 23.1. The number of nitrogens with one attached hydrogen (secondary N) is 1. The molecule has 0 aromatic heterocycles. The summed E-state index contributed by atoms with van der Waals surface area (Å²) in [7, 11) is 0. The topological polar surface area (TPSA) is 29.1 Å². The zero-order valence-electron chi connectivity index (χ0n) is 9.76. The first-order valence-electron chi connectivity index (χ1n) is 5.93. The third-order valence-corrected chi connectivity index (χ3v) is 4.21. The molecule has 0 heterocycles. The predicted octanol–water partition coefficient (Wildman–Crippen LogP) is 3.73. The molecule has 1 aliphatic carbocycles. The van der Waals surface area contributed by atoms with E-state index in [9.17, 15) is 9.18 Å². The Morgan fingerprint density at radius 1 is 1.50 bits per heavy atom. The lowest BCUT2D eigenvalue weighted by Crippen LogP contribution is -2.28. The van der Waals surface area contributed by atoms with Crippen molar-refractivity contribution < 1.29 is 9.18 Å². The number of carbonyl (C=O) groups is 1. The van der Waals surface area contributed by atoms with Crippen LogP contribution in [-0.4, -0.2) is 17.8 Å². The van der Waals surface area contributed by atoms with Gasteiger partial charge in [-0.3, -0.25) is 4.79 Å². The zero-order chi connectivity index (χ0) is 13.1. The molecule has 98 valence electrons. The van der Waals surface area contributed by atoms with Crippen LogP contribution in [0.1, 0.15) is 29.6 Å². The van der Waals surface area contributed by atoms with Crippen LogP contribution in [0.4, 0.5) is 4.39 Å². The Morgan fingerprint density at radius 2 is 2.28 bits per heavy atom. The van der Waals surface area contributed by atoms with Gasteiger partial charge in [0.1, 0.15) is 5.82 Å². The third kappa shape index (κ3) is 3.45. The molecule has 0 aliphatic heterocycles. The molecule has 2 unspecified atom stereocenters. The maximum absolute atomic E-state index is 13.0. The Balaban J connectivity index is 1.89. The van der Waals surface area contributed by atoms with Gasteiger partial charge in [-0.05, 0) is 59.3 Å². The fraction of sp³-hybridized carbons (Fsp3) is 0.462. The number of halogens is 3. The van der Waals surface area contributed by atoms with E-state index in [4.69, 9.17) is 11.6 Å². The number of hydrogen-bond acceptors (Lipinski definition) is 1. The Morgan fingerprint density at radius 3 is 2.89 bits per heavy atom. The summed E-state index contributed by atoms with van der Waals surface area (Å²) in [6.07, 6.45) is 3.03. The van der Waals surface area contributed by atoms with Crippen LogP contribution in [0.5, 0.6) is 0 Å². The second kappa shape index (κ2) is 6.02. The van der Waals surface area contributed by atoms with Crippen LogP contribution in [-0.2, 0) is 0 Å². The van der Waals surface area contributed by atoms with Crippen molar-refractivity contribution >= 4 is 33.4 Å². The van der Waals surface area contributed by atoms with Gasteiger partial charge in [-0.2, -0.15) is 0 Å². The van der Waals surface area contributed by atoms with Gasteiger partial charge in [0.2, 0.25) is 0 Å². The average molecular weight is 335 g/mol. The first-order valence-corrected chi connectivity index (χ1v) is 7.16. The number of rotatable bonds is 3. The lowest BCUT2D eigenvalue weighted by Gasteiger charge is -2.11. The highest BCUT2D eigenvalue weighted by Gasteiger charge is 2.23. The first kappa shape index (κ1) is 13.8. The van der Waals surface area contributed by atoms with E-state index >= 15 is 0 Å². The van der Waals surface area contributed by atoms with E-state index in [-0.39, 0.29) is 17.1 Å². The number of amides is 1. The summed E-state index contributed by atoms with van der Waals surface area (Å²) in [6, 6.07) is 4.25. The minimum Gasteiger partial charge on any atom is -0.352 e. The summed E-state index contributed by atoms with van der Waals surface area (Å²) < 4.78 is 13.3. The molecule has 18 heavy (non-hydrogen) atoms. The maximum Gasteiger partial charge on any atom is 0.251 e. The third-order valence-electron chi connectivity index (χ3n) is 3.21. The molecule has 1 aromatic carbocycles. The van der Waals surface area contributed by atoms with Gasteiger partial charge in [0.05, 0.1) is 4.47 Å². The van der Waals surface area contributed by atoms with Crippen molar-refractivity contribution in [2.45, 2.75) is 24.6 Å². The molecule has 0 saturated heterocycles. The second-order valence-electron chi connectivity index (χ2n) is 4.62. The van der Waals surface area contributed by atoms with E-state index in [1.54, 1.807) is 0 Å². The molecule has 1 saturated carbocycles. The van der Waals surface area contributed by atoms with Crippen molar-refractivity contribution in [2.24, 2.45) is 5.92 Å². The second-order valence-corrected chi connectivity index (χ2v) is 6.09. The van der Waals surface area contributed by atoms with Crippen molar-refractivity contribution in [1.29, 1.82) is 0 Å². The van der Waals surface area contributed by atoms with Gasteiger partial charge in [-0.1, -0.05) is 0 Å². The molecule has 1 fully saturated rings. The zero-order valence-corrected chi connectivity index (χ0v) is 12.1. The van der Waals surface area contributed by atoms with Crippen LogP contribution in [0.15, 0.2) is 22.7 Å². The molecular weight excluding hydrogens is 321 g/mol. The van der Waals surface area contributed by atoms with Gasteiger partial charge in [0.25, 0.3) is 5.91 Å². The number of carbonyl (C=O) groups excluding carboxylic acids is 1. The first-order chi connectivity index (χ1) is 8.56. The van der Waals surface area contributed by atoms with E-state index in [0.717, 1.165) is 19.3 Å². The molecule has 1 aliphatic rings. The summed E-state index contributed by atoms with van der Waals surface area (Å²) in [5, 5.41) is 3.11. The summed E-state index contributed by atoms with van der Waals surface area (Å²) in [4.78, 5) is 11.9. The predicted molar refractivity (Wildman–Crippen MR) is 73.4 cm³/mol. The van der Waals surface area contributed by atoms with E-state index in [0.29, 0.717) is 22.5 Å². The van der Waals surface area contributed by atoms with Crippen LogP contribution >= 0.6 is 27.5 Å².